The Hall–Kier alpha value is -2.31. The van der Waals surface area contributed by atoms with Crippen molar-refractivity contribution in [3.8, 4) is 0 Å². The maximum atomic E-state index is 13.3. The van der Waals surface area contributed by atoms with Crippen LogP contribution in [0.1, 0.15) is 50.8 Å². The molecule has 2 rings (SSSR count). The summed E-state index contributed by atoms with van der Waals surface area (Å²) in [5.41, 5.74) is 8.73. The quantitative estimate of drug-likeness (QED) is 0.111. The van der Waals surface area contributed by atoms with Crippen molar-refractivity contribution < 1.29 is 4.39 Å². The largest absolute Gasteiger partial charge is 0.370 e. The first-order valence-corrected chi connectivity index (χ1v) is 14.1. The summed E-state index contributed by atoms with van der Waals surface area (Å²) in [5, 5.41) is -0.979. The van der Waals surface area contributed by atoms with E-state index >= 15 is 0 Å². The molecule has 0 radical (unpaired) electrons. The molecule has 0 aliphatic rings. The molecule has 0 saturated carbocycles. The van der Waals surface area contributed by atoms with Gasteiger partial charge in [-0.1, -0.05) is 116 Å². The van der Waals surface area contributed by atoms with Gasteiger partial charge in [0.05, 0.1) is 0 Å². The van der Waals surface area contributed by atoms with Gasteiger partial charge in [0, 0.05) is 23.7 Å². The van der Waals surface area contributed by atoms with E-state index in [-0.39, 0.29) is 0 Å². The molecule has 2 unspecified atom stereocenters. The van der Waals surface area contributed by atoms with Crippen LogP contribution in [0.4, 0.5) is 4.39 Å². The second-order valence-corrected chi connectivity index (χ2v) is 11.2. The number of benzene rings is 2. The van der Waals surface area contributed by atoms with E-state index in [0.29, 0.717) is 5.92 Å². The number of halogens is 1. The van der Waals surface area contributed by atoms with Crippen molar-refractivity contribution in [1.82, 2.24) is 4.90 Å². The maximum absolute atomic E-state index is 13.3. The minimum atomic E-state index is -0.979. The van der Waals surface area contributed by atoms with E-state index in [1.165, 1.54) is 46.1 Å². The van der Waals surface area contributed by atoms with Crippen LogP contribution in [0.25, 0.3) is 0 Å². The lowest BCUT2D eigenvalue weighted by atomic mass is 10.0. The molecule has 0 aliphatic carbocycles. The van der Waals surface area contributed by atoms with Gasteiger partial charge in [0.15, 0.2) is 5.24 Å². The van der Waals surface area contributed by atoms with Crippen molar-refractivity contribution in [3.63, 3.8) is 0 Å². The lowest BCUT2D eigenvalue weighted by Crippen LogP contribution is -2.24. The average Bonchev–Trinajstić information content (AvgIpc) is 2.83. The van der Waals surface area contributed by atoms with Crippen molar-refractivity contribution in [1.29, 1.82) is 0 Å². The molecule has 0 heterocycles. The Morgan fingerprint density at radius 2 is 1.67 bits per heavy atom. The number of aryl methyl sites for hydroxylation is 1. The first-order valence-electron chi connectivity index (χ1n) is 12.5. The molecule has 0 saturated heterocycles. The minimum Gasteiger partial charge on any atom is -0.370 e. The topological polar surface area (TPSA) is 3.24 Å². The Balaban J connectivity index is 0.00000205. The third-order valence-corrected chi connectivity index (χ3v) is 6.84. The van der Waals surface area contributed by atoms with E-state index in [1.807, 2.05) is 18.2 Å². The molecular weight excluding hydrogens is 480 g/mol. The van der Waals surface area contributed by atoms with E-state index in [1.54, 1.807) is 0 Å². The molecule has 0 amide bonds. The summed E-state index contributed by atoms with van der Waals surface area (Å²) in [4.78, 5) is 3.38. The SMILES string of the molecule is C=C/C(=C\C=C(/C)N(CCc1cccc(CCC)c1)Cc1ccc(SC(F)P)cc1)C(C)C.C=C=C. The predicted octanol–water partition coefficient (Wildman–Crippen LogP) is 9.53. The molecule has 0 aromatic heterocycles. The zero-order valence-corrected chi connectivity index (χ0v) is 24.4. The normalized spacial score (nSPS) is 12.4. The summed E-state index contributed by atoms with van der Waals surface area (Å²) in [5.74, 6) is 0.447. The average molecular weight is 524 g/mol. The van der Waals surface area contributed by atoms with E-state index in [0.717, 1.165) is 30.8 Å². The number of hydrogen-bond donors (Lipinski definition) is 0. The monoisotopic (exact) mass is 523 g/mol. The van der Waals surface area contributed by atoms with E-state index < -0.39 is 5.24 Å². The number of alkyl halides is 1. The fourth-order valence-electron chi connectivity index (χ4n) is 3.72. The second kappa shape index (κ2) is 18.0. The van der Waals surface area contributed by atoms with Crippen LogP contribution in [0.5, 0.6) is 0 Å². The van der Waals surface area contributed by atoms with Crippen molar-refractivity contribution in [2.45, 2.75) is 63.6 Å². The first-order chi connectivity index (χ1) is 17.2. The Morgan fingerprint density at radius 3 is 2.19 bits per heavy atom. The van der Waals surface area contributed by atoms with Gasteiger partial charge in [-0.05, 0) is 66.2 Å². The highest BCUT2D eigenvalue weighted by atomic mass is 32.2. The zero-order valence-electron chi connectivity index (χ0n) is 22.5. The number of allylic oxidation sites excluding steroid dienone is 5. The Morgan fingerprint density at radius 1 is 1.06 bits per heavy atom. The van der Waals surface area contributed by atoms with Gasteiger partial charge in [0.2, 0.25) is 0 Å². The van der Waals surface area contributed by atoms with Crippen molar-refractivity contribution >= 4 is 21.0 Å². The highest BCUT2D eigenvalue weighted by Gasteiger charge is 2.09. The van der Waals surface area contributed by atoms with Crippen LogP contribution in [0.3, 0.4) is 0 Å². The molecule has 0 fully saturated rings. The number of rotatable bonds is 13. The molecule has 1 nitrogen and oxygen atoms in total. The Kier molecular flexibility index (Phi) is 15.9. The summed E-state index contributed by atoms with van der Waals surface area (Å²) < 4.78 is 13.3. The van der Waals surface area contributed by atoms with Crippen LogP contribution < -0.4 is 0 Å². The van der Waals surface area contributed by atoms with Crippen molar-refractivity contribution in [3.05, 3.63) is 120 Å². The summed E-state index contributed by atoms with van der Waals surface area (Å²) in [6, 6.07) is 17.2. The van der Waals surface area contributed by atoms with Gasteiger partial charge in [0.25, 0.3) is 0 Å². The van der Waals surface area contributed by atoms with Gasteiger partial charge in [-0.25, -0.2) is 4.39 Å². The molecular formula is C32H43FNPS. The summed E-state index contributed by atoms with van der Waals surface area (Å²) >= 11 is 1.22. The van der Waals surface area contributed by atoms with Gasteiger partial charge < -0.3 is 4.90 Å². The van der Waals surface area contributed by atoms with Crippen LogP contribution in [0.2, 0.25) is 0 Å². The van der Waals surface area contributed by atoms with E-state index in [9.17, 15) is 4.39 Å². The first kappa shape index (κ1) is 31.7. The molecule has 0 aliphatic heterocycles. The maximum Gasteiger partial charge on any atom is 0.162 e. The van der Waals surface area contributed by atoms with Gasteiger partial charge in [-0.3, -0.25) is 0 Å². The van der Waals surface area contributed by atoms with Crippen LogP contribution in [0, 0.1) is 5.92 Å². The van der Waals surface area contributed by atoms with Crippen LogP contribution >= 0.6 is 21.0 Å². The molecule has 2 aromatic carbocycles. The fraction of sp³-hybridized carbons (Fsp3) is 0.344. The number of thioether (sulfide) groups is 1. The third-order valence-electron chi connectivity index (χ3n) is 5.66. The molecule has 36 heavy (non-hydrogen) atoms. The van der Waals surface area contributed by atoms with Crippen LogP contribution in [0.15, 0.2) is 108 Å². The molecule has 194 valence electrons. The lowest BCUT2D eigenvalue weighted by molar-refractivity contribution is 0.341. The fourth-order valence-corrected chi connectivity index (χ4v) is 4.74. The standard InChI is InChI=1S/C29H39FNPS.C3H4/c1-6-9-24-10-8-11-25(20-24)18-19-31(23(5)12-15-27(7-2)22(3)4)21-26-13-16-28(17-14-26)33-29(30)32;1-3-2/h7-8,10-17,20,22,29H,2,6,9,18-19,21,32H2,1,3-5H3;1-2H2/b23-12+,27-15+;. The highest BCUT2D eigenvalue weighted by molar-refractivity contribution is 8.03. The van der Waals surface area contributed by atoms with E-state index in [4.69, 9.17) is 0 Å². The van der Waals surface area contributed by atoms with Crippen LogP contribution in [-0.4, -0.2) is 16.7 Å². The molecule has 0 bridgehead atoms. The minimum absolute atomic E-state index is 0.447. The Bertz CT molecular complexity index is 1010. The molecule has 2 aromatic rings. The third kappa shape index (κ3) is 12.6. The lowest BCUT2D eigenvalue weighted by Gasteiger charge is -2.26. The van der Waals surface area contributed by atoms with Gasteiger partial charge >= 0.3 is 0 Å². The van der Waals surface area contributed by atoms with Gasteiger partial charge in [-0.15, -0.1) is 5.73 Å². The zero-order chi connectivity index (χ0) is 26.9. The Labute approximate surface area is 226 Å². The molecule has 0 spiro atoms. The molecule has 4 heteroatoms. The van der Waals surface area contributed by atoms with Gasteiger partial charge in [-0.2, -0.15) is 0 Å². The summed E-state index contributed by atoms with van der Waals surface area (Å²) in [7, 11) is 2.19. The highest BCUT2D eigenvalue weighted by Crippen LogP contribution is 2.28. The molecule has 0 N–H and O–H groups in total. The van der Waals surface area contributed by atoms with Gasteiger partial charge in [0.1, 0.15) is 0 Å². The van der Waals surface area contributed by atoms with Crippen molar-refractivity contribution in [2.24, 2.45) is 5.92 Å². The smallest absolute Gasteiger partial charge is 0.162 e. The van der Waals surface area contributed by atoms with Crippen LogP contribution in [-0.2, 0) is 19.4 Å². The summed E-state index contributed by atoms with van der Waals surface area (Å²) in [6.45, 7) is 20.7. The van der Waals surface area contributed by atoms with Crippen molar-refractivity contribution in [2.75, 3.05) is 6.54 Å². The van der Waals surface area contributed by atoms with E-state index in [2.05, 4.69) is 116 Å². The number of nitrogens with zero attached hydrogens (tertiary/aromatic N) is 1. The second-order valence-electron chi connectivity index (χ2n) is 8.94. The summed E-state index contributed by atoms with van der Waals surface area (Å²) in [6.07, 6.45) is 9.62. The predicted molar refractivity (Wildman–Crippen MR) is 163 cm³/mol. The molecule has 2 atom stereocenters. The number of hydrogen-bond acceptors (Lipinski definition) is 2.